The van der Waals surface area contributed by atoms with Crippen LogP contribution >= 0.6 is 27.7 Å². The molecule has 1 nitrogen and oxygen atoms in total. The van der Waals surface area contributed by atoms with Crippen molar-refractivity contribution in [3.05, 3.63) is 63.6 Å². The van der Waals surface area contributed by atoms with E-state index in [2.05, 4.69) is 73.1 Å². The van der Waals surface area contributed by atoms with Crippen LogP contribution in [0, 0.1) is 13.8 Å². The van der Waals surface area contributed by atoms with E-state index < -0.39 is 0 Å². The minimum absolute atomic E-state index is 1.01. The van der Waals surface area contributed by atoms with Crippen LogP contribution in [0.25, 0.3) is 0 Å². The van der Waals surface area contributed by atoms with Gasteiger partial charge in [0.2, 0.25) is 0 Å². The van der Waals surface area contributed by atoms with Crippen molar-refractivity contribution in [2.24, 2.45) is 4.99 Å². The summed E-state index contributed by atoms with van der Waals surface area (Å²) in [6.07, 6.45) is 0. The Kier molecular flexibility index (Phi) is 5.44. The maximum atomic E-state index is 4.92. The maximum absolute atomic E-state index is 4.92. The Morgan fingerprint density at radius 2 is 1.75 bits per heavy atom. The highest BCUT2D eigenvalue weighted by molar-refractivity contribution is 9.10. The first-order valence-corrected chi connectivity index (χ1v) is 8.43. The molecule has 0 radical (unpaired) electrons. The SMILES string of the molecule is CCS/C(=N/c1c(C)cccc1C)c1cccc(Br)c1. The van der Waals surface area contributed by atoms with Crippen LogP contribution in [0.15, 0.2) is 51.9 Å². The van der Waals surface area contributed by atoms with Crippen LogP contribution < -0.4 is 0 Å². The molecule has 0 fully saturated rings. The average Bonchev–Trinajstić information content (AvgIpc) is 2.42. The lowest BCUT2D eigenvalue weighted by atomic mass is 10.1. The first-order valence-electron chi connectivity index (χ1n) is 6.65. The van der Waals surface area contributed by atoms with Crippen molar-refractivity contribution < 1.29 is 0 Å². The van der Waals surface area contributed by atoms with Crippen LogP contribution in [0.1, 0.15) is 23.6 Å². The molecule has 0 heterocycles. The highest BCUT2D eigenvalue weighted by Crippen LogP contribution is 2.27. The van der Waals surface area contributed by atoms with Crippen LogP contribution in [-0.4, -0.2) is 10.8 Å². The van der Waals surface area contributed by atoms with E-state index in [9.17, 15) is 0 Å². The lowest BCUT2D eigenvalue weighted by Gasteiger charge is -2.09. The molecule has 20 heavy (non-hydrogen) atoms. The van der Waals surface area contributed by atoms with E-state index in [0.717, 1.165) is 26.5 Å². The lowest BCUT2D eigenvalue weighted by Crippen LogP contribution is -1.97. The molecule has 2 rings (SSSR count). The van der Waals surface area contributed by atoms with Gasteiger partial charge in [-0.1, -0.05) is 53.2 Å². The predicted octanol–water partition coefficient (Wildman–Crippen LogP) is 5.90. The van der Waals surface area contributed by atoms with Gasteiger partial charge in [0.05, 0.1) is 5.69 Å². The zero-order chi connectivity index (χ0) is 14.5. The van der Waals surface area contributed by atoms with Gasteiger partial charge in [-0.25, -0.2) is 4.99 Å². The summed E-state index contributed by atoms with van der Waals surface area (Å²) in [5.74, 6) is 1.01. The highest BCUT2D eigenvalue weighted by atomic mass is 79.9. The van der Waals surface area contributed by atoms with Crippen molar-refractivity contribution in [1.82, 2.24) is 0 Å². The molecule has 0 saturated carbocycles. The fourth-order valence-corrected chi connectivity index (χ4v) is 3.14. The van der Waals surface area contributed by atoms with E-state index in [1.165, 1.54) is 11.1 Å². The Bertz CT molecular complexity index is 614. The molecule has 0 atom stereocenters. The number of hydrogen-bond acceptors (Lipinski definition) is 2. The molecule has 0 spiro atoms. The maximum Gasteiger partial charge on any atom is 0.104 e. The summed E-state index contributed by atoms with van der Waals surface area (Å²) in [4.78, 5) is 4.92. The van der Waals surface area contributed by atoms with Crippen molar-refractivity contribution in [3.8, 4) is 0 Å². The number of benzene rings is 2. The normalized spacial score (nSPS) is 11.7. The van der Waals surface area contributed by atoms with Crippen molar-refractivity contribution in [2.75, 3.05) is 5.75 Å². The molecule has 0 unspecified atom stereocenters. The summed E-state index contributed by atoms with van der Waals surface area (Å²) in [7, 11) is 0. The number of hydrogen-bond donors (Lipinski definition) is 0. The van der Waals surface area contributed by atoms with E-state index >= 15 is 0 Å². The van der Waals surface area contributed by atoms with Crippen LogP contribution in [-0.2, 0) is 0 Å². The van der Waals surface area contributed by atoms with E-state index in [1.54, 1.807) is 11.8 Å². The number of aryl methyl sites for hydroxylation is 2. The fourth-order valence-electron chi connectivity index (χ4n) is 2.02. The number of rotatable bonds is 3. The molecule has 2 aromatic rings. The van der Waals surface area contributed by atoms with Gasteiger partial charge in [-0.15, -0.1) is 11.8 Å². The van der Waals surface area contributed by atoms with Crippen molar-refractivity contribution in [2.45, 2.75) is 20.8 Å². The van der Waals surface area contributed by atoms with Gasteiger partial charge < -0.3 is 0 Å². The lowest BCUT2D eigenvalue weighted by molar-refractivity contribution is 1.33. The topological polar surface area (TPSA) is 12.4 Å². The second kappa shape index (κ2) is 7.09. The molecular formula is C17H18BrNS. The van der Waals surface area contributed by atoms with Crippen LogP contribution in [0.5, 0.6) is 0 Å². The second-order valence-electron chi connectivity index (χ2n) is 4.60. The standard InChI is InChI=1S/C17H18BrNS/c1-4-20-17(14-9-6-10-15(18)11-14)19-16-12(2)7-5-8-13(16)3/h5-11H,4H2,1-3H3/b19-17+. The van der Waals surface area contributed by atoms with Crippen LogP contribution in [0.2, 0.25) is 0 Å². The summed E-state index contributed by atoms with van der Waals surface area (Å²) in [6, 6.07) is 14.6. The monoisotopic (exact) mass is 347 g/mol. The number of nitrogens with zero attached hydrogens (tertiary/aromatic N) is 1. The molecule has 0 bridgehead atoms. The van der Waals surface area contributed by atoms with Gasteiger partial charge in [-0.2, -0.15) is 0 Å². The number of thioether (sulfide) groups is 1. The van der Waals surface area contributed by atoms with E-state index in [0.29, 0.717) is 0 Å². The first-order chi connectivity index (χ1) is 9.61. The third-order valence-corrected chi connectivity index (χ3v) is 4.39. The molecule has 0 aromatic heterocycles. The Morgan fingerprint density at radius 1 is 1.10 bits per heavy atom. The molecule has 0 aliphatic rings. The van der Waals surface area contributed by atoms with Gasteiger partial charge in [0.15, 0.2) is 0 Å². The molecule has 0 saturated heterocycles. The van der Waals surface area contributed by atoms with Crippen LogP contribution in [0.3, 0.4) is 0 Å². The van der Waals surface area contributed by atoms with E-state index in [1.807, 2.05) is 6.07 Å². The number of aliphatic imine (C=N–C) groups is 1. The van der Waals surface area contributed by atoms with Gasteiger partial charge in [-0.3, -0.25) is 0 Å². The van der Waals surface area contributed by atoms with Crippen molar-refractivity contribution in [1.29, 1.82) is 0 Å². The summed E-state index contributed by atoms with van der Waals surface area (Å²) >= 11 is 5.31. The molecule has 0 aliphatic heterocycles. The Labute approximate surface area is 133 Å². The third kappa shape index (κ3) is 3.74. The molecule has 2 aromatic carbocycles. The first kappa shape index (κ1) is 15.3. The number of para-hydroxylation sites is 1. The quantitative estimate of drug-likeness (QED) is 0.497. The second-order valence-corrected chi connectivity index (χ2v) is 6.77. The van der Waals surface area contributed by atoms with E-state index in [-0.39, 0.29) is 0 Å². The Morgan fingerprint density at radius 3 is 2.35 bits per heavy atom. The Balaban J connectivity index is 2.50. The summed E-state index contributed by atoms with van der Waals surface area (Å²) in [5.41, 5.74) is 4.68. The van der Waals surface area contributed by atoms with Gasteiger partial charge in [0.1, 0.15) is 5.04 Å². The zero-order valence-electron chi connectivity index (χ0n) is 12.0. The third-order valence-electron chi connectivity index (χ3n) is 3.01. The van der Waals surface area contributed by atoms with Crippen LogP contribution in [0.4, 0.5) is 5.69 Å². The molecule has 104 valence electrons. The minimum Gasteiger partial charge on any atom is -0.241 e. The van der Waals surface area contributed by atoms with E-state index in [4.69, 9.17) is 4.99 Å². The van der Waals surface area contributed by atoms with Gasteiger partial charge in [0.25, 0.3) is 0 Å². The zero-order valence-corrected chi connectivity index (χ0v) is 14.4. The smallest absolute Gasteiger partial charge is 0.104 e. The molecule has 0 aliphatic carbocycles. The van der Waals surface area contributed by atoms with Crippen molar-refractivity contribution >= 4 is 38.4 Å². The van der Waals surface area contributed by atoms with Gasteiger partial charge in [-0.05, 0) is 42.9 Å². The average molecular weight is 348 g/mol. The van der Waals surface area contributed by atoms with Crippen molar-refractivity contribution in [3.63, 3.8) is 0 Å². The number of halogens is 1. The summed E-state index contributed by atoms with van der Waals surface area (Å²) < 4.78 is 1.08. The largest absolute Gasteiger partial charge is 0.241 e. The van der Waals surface area contributed by atoms with Gasteiger partial charge >= 0.3 is 0 Å². The molecule has 0 N–H and O–H groups in total. The molecular weight excluding hydrogens is 330 g/mol. The van der Waals surface area contributed by atoms with Gasteiger partial charge in [0, 0.05) is 10.0 Å². The Hall–Kier alpha value is -1.06. The fraction of sp³-hybridized carbons (Fsp3) is 0.235. The summed E-state index contributed by atoms with van der Waals surface area (Å²) in [6.45, 7) is 6.38. The minimum atomic E-state index is 1.01. The molecule has 3 heteroatoms. The highest BCUT2D eigenvalue weighted by Gasteiger charge is 2.07. The predicted molar refractivity (Wildman–Crippen MR) is 94.4 cm³/mol. The molecule has 0 amide bonds. The summed E-state index contributed by atoms with van der Waals surface area (Å²) in [5, 5.41) is 1.08.